The predicted octanol–water partition coefficient (Wildman–Crippen LogP) is 0.835. The molecule has 15 heavy (non-hydrogen) atoms. The maximum absolute atomic E-state index is 11.8. The summed E-state index contributed by atoms with van der Waals surface area (Å²) in [5.41, 5.74) is -0.499. The third-order valence-corrected chi connectivity index (χ3v) is 2.29. The van der Waals surface area contributed by atoms with Crippen LogP contribution in [0.1, 0.15) is 27.2 Å². The molecule has 1 fully saturated rings. The molecule has 0 bridgehead atoms. The Hall–Kier alpha value is -0.810. The van der Waals surface area contributed by atoms with Gasteiger partial charge in [-0.05, 0) is 27.2 Å². The van der Waals surface area contributed by atoms with Crippen LogP contribution in [0.4, 0.5) is 4.79 Å². The number of ether oxygens (including phenoxy) is 1. The maximum atomic E-state index is 11.8. The predicted molar refractivity (Wildman–Crippen MR) is 56.2 cm³/mol. The molecule has 0 aromatic carbocycles. The molecule has 0 saturated carbocycles. The highest BCUT2D eigenvalue weighted by Crippen LogP contribution is 2.20. The van der Waals surface area contributed by atoms with Gasteiger partial charge in [0, 0.05) is 13.6 Å². The second-order valence-electron chi connectivity index (χ2n) is 4.83. The fraction of sp³-hybridized carbons (Fsp3) is 0.900. The van der Waals surface area contributed by atoms with E-state index in [1.165, 1.54) is 5.01 Å². The van der Waals surface area contributed by atoms with Crippen LogP contribution in [0.15, 0.2) is 0 Å². The fourth-order valence-corrected chi connectivity index (χ4v) is 1.61. The first-order valence-corrected chi connectivity index (χ1v) is 5.19. The smallest absolute Gasteiger partial charge is 0.425 e. The van der Waals surface area contributed by atoms with Crippen LogP contribution in [-0.2, 0) is 4.74 Å². The maximum Gasteiger partial charge on any atom is 0.425 e. The molecule has 0 spiro atoms. The van der Waals surface area contributed by atoms with Gasteiger partial charge in [-0.25, -0.2) is 14.8 Å². The third kappa shape index (κ3) is 3.07. The van der Waals surface area contributed by atoms with Crippen molar-refractivity contribution in [3.63, 3.8) is 0 Å². The summed E-state index contributed by atoms with van der Waals surface area (Å²) in [6.07, 6.45) is 0.397. The lowest BCUT2D eigenvalue weighted by molar-refractivity contribution is -0.0374. The lowest BCUT2D eigenvalue weighted by Gasteiger charge is -2.31. The molecule has 1 atom stereocenters. The standard InChI is InChI=1S/C10H20N2O3/c1-10(2,3)15-9(14)12-8(7-13)5-6-11(12)4/h8,13H,5-7H2,1-4H3. The Balaban J connectivity index is 2.64. The molecule has 0 aromatic heterocycles. The van der Waals surface area contributed by atoms with Gasteiger partial charge in [0.25, 0.3) is 0 Å². The van der Waals surface area contributed by atoms with Gasteiger partial charge in [-0.1, -0.05) is 0 Å². The van der Waals surface area contributed by atoms with E-state index in [-0.39, 0.29) is 18.7 Å². The van der Waals surface area contributed by atoms with E-state index in [1.807, 2.05) is 27.8 Å². The lowest BCUT2D eigenvalue weighted by Crippen LogP contribution is -2.47. The highest BCUT2D eigenvalue weighted by atomic mass is 16.6. The van der Waals surface area contributed by atoms with E-state index in [1.54, 1.807) is 5.01 Å². The minimum Gasteiger partial charge on any atom is -0.443 e. The molecule has 0 radical (unpaired) electrons. The van der Waals surface area contributed by atoms with Gasteiger partial charge in [0.1, 0.15) is 5.60 Å². The number of nitrogens with zero attached hydrogens (tertiary/aromatic N) is 2. The van der Waals surface area contributed by atoms with Crippen molar-refractivity contribution in [2.75, 3.05) is 20.2 Å². The monoisotopic (exact) mass is 216 g/mol. The first-order valence-electron chi connectivity index (χ1n) is 5.19. The number of aliphatic hydroxyl groups is 1. The van der Waals surface area contributed by atoms with Gasteiger partial charge in [0.05, 0.1) is 12.6 Å². The van der Waals surface area contributed by atoms with Crippen LogP contribution in [0.3, 0.4) is 0 Å². The van der Waals surface area contributed by atoms with Crippen LogP contribution in [0, 0.1) is 0 Å². The molecule has 1 unspecified atom stereocenters. The highest BCUT2D eigenvalue weighted by Gasteiger charge is 2.35. The number of aliphatic hydroxyl groups excluding tert-OH is 1. The van der Waals surface area contributed by atoms with Crippen LogP contribution >= 0.6 is 0 Å². The molecule has 5 nitrogen and oxygen atoms in total. The molecule has 0 aliphatic carbocycles. The Bertz CT molecular complexity index is 237. The molecule has 1 saturated heterocycles. The van der Waals surface area contributed by atoms with E-state index in [2.05, 4.69) is 0 Å². The molecule has 1 aliphatic heterocycles. The van der Waals surface area contributed by atoms with Crippen molar-refractivity contribution in [2.24, 2.45) is 0 Å². The number of amides is 1. The Kier molecular flexibility index (Phi) is 3.57. The van der Waals surface area contributed by atoms with E-state index in [0.717, 1.165) is 13.0 Å². The number of hydrazine groups is 1. The Morgan fingerprint density at radius 1 is 1.53 bits per heavy atom. The summed E-state index contributed by atoms with van der Waals surface area (Å²) in [5.74, 6) is 0. The van der Waals surface area contributed by atoms with Crippen molar-refractivity contribution in [3.8, 4) is 0 Å². The zero-order valence-electron chi connectivity index (χ0n) is 9.86. The zero-order chi connectivity index (χ0) is 11.6. The minimum atomic E-state index is -0.499. The molecule has 0 aromatic rings. The molecule has 5 heteroatoms. The quantitative estimate of drug-likeness (QED) is 0.705. The zero-order valence-corrected chi connectivity index (χ0v) is 9.86. The normalized spacial score (nSPS) is 23.3. The van der Waals surface area contributed by atoms with Crippen LogP contribution in [0.5, 0.6) is 0 Å². The van der Waals surface area contributed by atoms with Crippen molar-refractivity contribution < 1.29 is 14.6 Å². The lowest BCUT2D eigenvalue weighted by atomic mass is 10.2. The SMILES string of the molecule is CN1CCC(CO)N1C(=O)OC(C)(C)C. The Morgan fingerprint density at radius 2 is 2.13 bits per heavy atom. The number of carbonyl (C=O) groups is 1. The van der Waals surface area contributed by atoms with Crippen LogP contribution in [0.2, 0.25) is 0 Å². The number of hydrogen-bond acceptors (Lipinski definition) is 4. The van der Waals surface area contributed by atoms with Gasteiger partial charge >= 0.3 is 6.09 Å². The first-order chi connectivity index (χ1) is 6.85. The van der Waals surface area contributed by atoms with E-state index in [0.29, 0.717) is 0 Å². The van der Waals surface area contributed by atoms with Crippen molar-refractivity contribution in [3.05, 3.63) is 0 Å². The largest absolute Gasteiger partial charge is 0.443 e. The van der Waals surface area contributed by atoms with Crippen LogP contribution in [-0.4, -0.2) is 53.1 Å². The van der Waals surface area contributed by atoms with Crippen molar-refractivity contribution in [1.82, 2.24) is 10.0 Å². The molecule has 1 N–H and O–H groups in total. The summed E-state index contributed by atoms with van der Waals surface area (Å²) in [6, 6.07) is -0.148. The van der Waals surface area contributed by atoms with Gasteiger partial charge < -0.3 is 9.84 Å². The Labute approximate surface area is 90.6 Å². The molecular formula is C10H20N2O3. The van der Waals surface area contributed by atoms with Crippen LogP contribution < -0.4 is 0 Å². The minimum absolute atomic E-state index is 0.0242. The third-order valence-electron chi connectivity index (χ3n) is 2.29. The summed E-state index contributed by atoms with van der Waals surface area (Å²) >= 11 is 0. The van der Waals surface area contributed by atoms with E-state index >= 15 is 0 Å². The molecule has 1 rings (SSSR count). The molecule has 88 valence electrons. The average molecular weight is 216 g/mol. The van der Waals surface area contributed by atoms with Crippen molar-refractivity contribution in [1.29, 1.82) is 0 Å². The van der Waals surface area contributed by atoms with Gasteiger partial charge in [0.15, 0.2) is 0 Å². The average Bonchev–Trinajstić information content (AvgIpc) is 2.43. The molecule has 1 aliphatic rings. The van der Waals surface area contributed by atoms with Gasteiger partial charge in [0.2, 0.25) is 0 Å². The fourth-order valence-electron chi connectivity index (χ4n) is 1.61. The summed E-state index contributed by atoms with van der Waals surface area (Å²) in [5, 5.41) is 12.4. The number of rotatable bonds is 1. The van der Waals surface area contributed by atoms with E-state index in [9.17, 15) is 4.79 Å². The van der Waals surface area contributed by atoms with Crippen molar-refractivity contribution in [2.45, 2.75) is 38.8 Å². The van der Waals surface area contributed by atoms with E-state index in [4.69, 9.17) is 9.84 Å². The Morgan fingerprint density at radius 3 is 2.60 bits per heavy atom. The number of carbonyl (C=O) groups excluding carboxylic acids is 1. The van der Waals surface area contributed by atoms with Crippen LogP contribution in [0.25, 0.3) is 0 Å². The second-order valence-corrected chi connectivity index (χ2v) is 4.83. The van der Waals surface area contributed by atoms with Gasteiger partial charge in [-0.3, -0.25) is 0 Å². The second kappa shape index (κ2) is 4.37. The highest BCUT2D eigenvalue weighted by molar-refractivity contribution is 5.68. The summed E-state index contributed by atoms with van der Waals surface area (Å²) in [7, 11) is 1.82. The molecule has 1 amide bonds. The molecular weight excluding hydrogens is 196 g/mol. The molecule has 1 heterocycles. The van der Waals surface area contributed by atoms with E-state index < -0.39 is 5.60 Å². The summed E-state index contributed by atoms with van der Waals surface area (Å²) in [6.45, 7) is 6.23. The van der Waals surface area contributed by atoms with Gasteiger partial charge in [-0.2, -0.15) is 0 Å². The number of hydrogen-bond donors (Lipinski definition) is 1. The van der Waals surface area contributed by atoms with Crippen molar-refractivity contribution >= 4 is 6.09 Å². The van der Waals surface area contributed by atoms with Gasteiger partial charge in [-0.15, -0.1) is 0 Å². The summed E-state index contributed by atoms with van der Waals surface area (Å²) in [4.78, 5) is 11.8. The topological polar surface area (TPSA) is 53.0 Å². The first kappa shape index (κ1) is 12.3. The summed E-state index contributed by atoms with van der Waals surface area (Å²) < 4.78 is 5.26.